The monoisotopic (exact) mass is 420 g/mol. The third kappa shape index (κ3) is 7.93. The molecule has 30 heavy (non-hydrogen) atoms. The van der Waals surface area contributed by atoms with Gasteiger partial charge in [0.2, 0.25) is 0 Å². The number of benzene rings is 1. The van der Waals surface area contributed by atoms with E-state index in [0.717, 1.165) is 38.5 Å². The molecule has 0 bridgehead atoms. The molecule has 2 rings (SSSR count). The van der Waals surface area contributed by atoms with Gasteiger partial charge in [-0.15, -0.1) is 0 Å². The predicted molar refractivity (Wildman–Crippen MR) is 112 cm³/mol. The Morgan fingerprint density at radius 1 is 1.03 bits per heavy atom. The molecule has 2 N–H and O–H groups in total. The summed E-state index contributed by atoms with van der Waals surface area (Å²) in [7, 11) is 0. The lowest BCUT2D eigenvalue weighted by Gasteiger charge is -2.22. The molecule has 0 atom stereocenters. The van der Waals surface area contributed by atoms with E-state index in [1.54, 1.807) is 12.1 Å². The van der Waals surface area contributed by atoms with Crippen molar-refractivity contribution < 1.29 is 28.6 Å². The molecule has 1 aliphatic carbocycles. The summed E-state index contributed by atoms with van der Waals surface area (Å²) in [6.07, 6.45) is 7.07. The highest BCUT2D eigenvalue weighted by Crippen LogP contribution is 2.29. The van der Waals surface area contributed by atoms with E-state index in [9.17, 15) is 14.4 Å². The molecule has 0 aliphatic heterocycles. The summed E-state index contributed by atoms with van der Waals surface area (Å²) in [5, 5.41) is 4.97. The summed E-state index contributed by atoms with van der Waals surface area (Å²) in [5.41, 5.74) is 0.237. The lowest BCUT2D eigenvalue weighted by Crippen LogP contribution is -2.46. The largest absolute Gasteiger partial charge is 0.490 e. The Balaban J connectivity index is 1.83. The molecule has 0 radical (unpaired) electrons. The van der Waals surface area contributed by atoms with Crippen LogP contribution in [0.25, 0.3) is 0 Å². The Bertz CT molecular complexity index is 716. The zero-order chi connectivity index (χ0) is 21.8. The van der Waals surface area contributed by atoms with Crippen molar-refractivity contribution in [1.82, 2.24) is 10.6 Å². The Kier molecular flexibility index (Phi) is 9.97. The molecule has 0 unspecified atom stereocenters. The normalized spacial score (nSPS) is 13.9. The van der Waals surface area contributed by atoms with Crippen molar-refractivity contribution in [3.8, 4) is 11.5 Å². The number of ether oxygens (including phenoxy) is 3. The molecule has 1 aromatic rings. The highest BCUT2D eigenvalue weighted by atomic mass is 16.5. The van der Waals surface area contributed by atoms with E-state index in [1.165, 1.54) is 12.5 Å². The topological polar surface area (TPSA) is 103 Å². The third-order valence-electron chi connectivity index (χ3n) is 4.76. The molecular formula is C22H32N2O6. The molecule has 0 aromatic heterocycles. The Hall–Kier alpha value is -2.77. The van der Waals surface area contributed by atoms with E-state index in [1.807, 2.05) is 6.92 Å². The van der Waals surface area contributed by atoms with Gasteiger partial charge < -0.3 is 19.5 Å². The number of nitrogens with one attached hydrogen (secondary N) is 2. The molecule has 1 saturated carbocycles. The number of carbonyl (C=O) groups excluding carboxylic acids is 3. The average molecular weight is 421 g/mol. The summed E-state index contributed by atoms with van der Waals surface area (Å²) in [6.45, 7) is 4.34. The fourth-order valence-corrected chi connectivity index (χ4v) is 3.19. The number of amides is 3. The van der Waals surface area contributed by atoms with E-state index < -0.39 is 24.5 Å². The van der Waals surface area contributed by atoms with Crippen molar-refractivity contribution in [2.75, 3.05) is 19.8 Å². The van der Waals surface area contributed by atoms with Gasteiger partial charge in [0, 0.05) is 6.04 Å². The van der Waals surface area contributed by atoms with Gasteiger partial charge in [-0.25, -0.2) is 9.59 Å². The first-order valence-electron chi connectivity index (χ1n) is 10.7. The predicted octanol–water partition coefficient (Wildman–Crippen LogP) is 3.58. The smallest absolute Gasteiger partial charge is 0.338 e. The van der Waals surface area contributed by atoms with Crippen LogP contribution in [0.5, 0.6) is 11.5 Å². The zero-order valence-corrected chi connectivity index (χ0v) is 17.8. The number of rotatable bonds is 10. The van der Waals surface area contributed by atoms with Crippen LogP contribution in [0.15, 0.2) is 18.2 Å². The fourth-order valence-electron chi connectivity index (χ4n) is 3.19. The second-order valence-corrected chi connectivity index (χ2v) is 7.23. The van der Waals surface area contributed by atoms with Gasteiger partial charge in [-0.05, 0) is 44.4 Å². The van der Waals surface area contributed by atoms with Gasteiger partial charge in [0.1, 0.15) is 0 Å². The van der Waals surface area contributed by atoms with Gasteiger partial charge in [-0.1, -0.05) is 32.6 Å². The van der Waals surface area contributed by atoms with Gasteiger partial charge in [0.25, 0.3) is 5.91 Å². The van der Waals surface area contributed by atoms with Crippen molar-refractivity contribution in [1.29, 1.82) is 0 Å². The van der Waals surface area contributed by atoms with Crippen LogP contribution in [0.2, 0.25) is 0 Å². The average Bonchev–Trinajstić information content (AvgIpc) is 2.74. The Morgan fingerprint density at radius 3 is 2.50 bits per heavy atom. The highest BCUT2D eigenvalue weighted by Gasteiger charge is 2.18. The van der Waals surface area contributed by atoms with Crippen molar-refractivity contribution in [2.45, 2.75) is 64.8 Å². The minimum atomic E-state index is -0.682. The molecule has 8 nitrogen and oxygen atoms in total. The van der Waals surface area contributed by atoms with Gasteiger partial charge in [0.05, 0.1) is 18.8 Å². The van der Waals surface area contributed by atoms with Crippen LogP contribution in [-0.4, -0.2) is 43.8 Å². The molecule has 166 valence electrons. The van der Waals surface area contributed by atoms with Crippen LogP contribution >= 0.6 is 0 Å². The standard InChI is InChI=1S/C22H32N2O6/c1-3-5-13-29-18-12-11-16(14-19(18)28-4-2)21(26)30-15-20(25)24-22(27)23-17-9-7-6-8-10-17/h11-12,14,17H,3-10,13,15H2,1-2H3,(H2,23,24,25,27). The number of unbranched alkanes of at least 4 members (excludes halogenated alkanes) is 1. The van der Waals surface area contributed by atoms with E-state index in [2.05, 4.69) is 17.6 Å². The minimum Gasteiger partial charge on any atom is -0.490 e. The summed E-state index contributed by atoms with van der Waals surface area (Å²) in [5.74, 6) is -0.363. The van der Waals surface area contributed by atoms with Crippen LogP contribution < -0.4 is 20.1 Å². The number of hydrogen-bond donors (Lipinski definition) is 2. The Labute approximate surface area is 177 Å². The van der Waals surface area contributed by atoms with Crippen LogP contribution in [-0.2, 0) is 9.53 Å². The zero-order valence-electron chi connectivity index (χ0n) is 17.8. The lowest BCUT2D eigenvalue weighted by molar-refractivity contribution is -0.123. The van der Waals surface area contributed by atoms with Gasteiger partial charge >= 0.3 is 12.0 Å². The second kappa shape index (κ2) is 12.7. The Morgan fingerprint density at radius 2 is 1.80 bits per heavy atom. The molecule has 0 saturated heterocycles. The van der Waals surface area contributed by atoms with E-state index in [4.69, 9.17) is 14.2 Å². The first kappa shape index (κ1) is 23.5. The summed E-state index contributed by atoms with van der Waals surface area (Å²) in [4.78, 5) is 36.1. The van der Waals surface area contributed by atoms with E-state index in [-0.39, 0.29) is 11.6 Å². The molecule has 1 aromatic carbocycles. The molecule has 0 heterocycles. The van der Waals surface area contributed by atoms with Crippen LogP contribution in [0.4, 0.5) is 4.79 Å². The quantitative estimate of drug-likeness (QED) is 0.443. The molecule has 0 spiro atoms. The molecule has 8 heteroatoms. The number of imide groups is 1. The fraction of sp³-hybridized carbons (Fsp3) is 0.591. The van der Waals surface area contributed by atoms with Crippen molar-refractivity contribution >= 4 is 17.9 Å². The summed E-state index contributed by atoms with van der Waals surface area (Å²) < 4.78 is 16.3. The number of carbonyl (C=O) groups is 3. The first-order chi connectivity index (χ1) is 14.5. The molecule has 1 fully saturated rings. The van der Waals surface area contributed by atoms with Crippen molar-refractivity contribution in [3.63, 3.8) is 0 Å². The SMILES string of the molecule is CCCCOc1ccc(C(=O)OCC(=O)NC(=O)NC2CCCCC2)cc1OCC. The molecule has 1 aliphatic rings. The second-order valence-electron chi connectivity index (χ2n) is 7.23. The highest BCUT2D eigenvalue weighted by molar-refractivity contribution is 5.97. The van der Waals surface area contributed by atoms with Crippen molar-refractivity contribution in [2.24, 2.45) is 0 Å². The maximum absolute atomic E-state index is 12.3. The molecular weight excluding hydrogens is 388 g/mol. The van der Waals surface area contributed by atoms with E-state index in [0.29, 0.717) is 24.7 Å². The van der Waals surface area contributed by atoms with Crippen LogP contribution in [0.3, 0.4) is 0 Å². The summed E-state index contributed by atoms with van der Waals surface area (Å²) in [6, 6.07) is 4.26. The van der Waals surface area contributed by atoms with Gasteiger partial charge in [-0.3, -0.25) is 10.1 Å². The van der Waals surface area contributed by atoms with Gasteiger partial charge in [0.15, 0.2) is 18.1 Å². The van der Waals surface area contributed by atoms with Crippen molar-refractivity contribution in [3.05, 3.63) is 23.8 Å². The maximum Gasteiger partial charge on any atom is 0.338 e. The first-order valence-corrected chi connectivity index (χ1v) is 10.7. The van der Waals surface area contributed by atoms with E-state index >= 15 is 0 Å². The van der Waals surface area contributed by atoms with Crippen LogP contribution in [0, 0.1) is 0 Å². The number of esters is 1. The van der Waals surface area contributed by atoms with Crippen LogP contribution in [0.1, 0.15) is 69.2 Å². The minimum absolute atomic E-state index is 0.0872. The maximum atomic E-state index is 12.3. The third-order valence-corrected chi connectivity index (χ3v) is 4.76. The van der Waals surface area contributed by atoms with Gasteiger partial charge in [-0.2, -0.15) is 0 Å². The summed E-state index contributed by atoms with van der Waals surface area (Å²) >= 11 is 0. The number of urea groups is 1. The molecule has 3 amide bonds. The number of hydrogen-bond acceptors (Lipinski definition) is 6. The lowest BCUT2D eigenvalue weighted by atomic mass is 9.96.